The topological polar surface area (TPSA) is 70.0 Å². The summed E-state index contributed by atoms with van der Waals surface area (Å²) in [6.07, 6.45) is 1.09. The van der Waals surface area contributed by atoms with Crippen molar-refractivity contribution in [1.82, 2.24) is 4.72 Å². The number of hydrogen-bond donors (Lipinski definition) is 1. The molecule has 0 bridgehead atoms. The number of thioether (sulfide) groups is 1. The lowest BCUT2D eigenvalue weighted by Gasteiger charge is -2.10. The third kappa shape index (κ3) is 4.53. The maximum Gasteiger partial charge on any atom is 0.215 e. The summed E-state index contributed by atoms with van der Waals surface area (Å²) in [4.78, 5) is 0. The van der Waals surface area contributed by atoms with Crippen LogP contribution in [0.2, 0.25) is 0 Å². The van der Waals surface area contributed by atoms with Crippen LogP contribution in [0.4, 0.5) is 0 Å². The van der Waals surface area contributed by atoms with E-state index in [-0.39, 0.29) is 5.75 Å². The standard InChI is InChI=1S/C13H16N2O2S2/c14-7-11-1-3-12(4-2-11)10-19(16,17)15-8-13-5-6-18-9-13/h1-4,13,15H,5-6,8-10H2. The van der Waals surface area contributed by atoms with Gasteiger partial charge in [-0.05, 0) is 41.5 Å². The van der Waals surface area contributed by atoms with E-state index in [2.05, 4.69) is 4.72 Å². The first-order valence-electron chi connectivity index (χ1n) is 6.13. The molecule has 1 unspecified atom stereocenters. The Labute approximate surface area is 118 Å². The molecule has 1 aliphatic rings. The number of hydrogen-bond acceptors (Lipinski definition) is 4. The van der Waals surface area contributed by atoms with Crippen molar-refractivity contribution in [1.29, 1.82) is 5.26 Å². The highest BCUT2D eigenvalue weighted by atomic mass is 32.2. The Kier molecular flexibility index (Phi) is 4.86. The Morgan fingerprint density at radius 3 is 2.68 bits per heavy atom. The summed E-state index contributed by atoms with van der Waals surface area (Å²) in [7, 11) is -3.28. The molecule has 1 saturated heterocycles. The van der Waals surface area contributed by atoms with Gasteiger partial charge >= 0.3 is 0 Å². The molecular formula is C13H16N2O2S2. The molecule has 0 saturated carbocycles. The van der Waals surface area contributed by atoms with Gasteiger partial charge in [0.2, 0.25) is 10.0 Å². The van der Waals surface area contributed by atoms with Gasteiger partial charge in [0.25, 0.3) is 0 Å². The lowest BCUT2D eigenvalue weighted by molar-refractivity contribution is 0.545. The fraction of sp³-hybridized carbons (Fsp3) is 0.462. The largest absolute Gasteiger partial charge is 0.215 e. The van der Waals surface area contributed by atoms with Crippen molar-refractivity contribution in [2.45, 2.75) is 12.2 Å². The fourth-order valence-electron chi connectivity index (χ4n) is 1.94. The molecule has 0 radical (unpaired) electrons. The van der Waals surface area contributed by atoms with Crippen molar-refractivity contribution in [2.75, 3.05) is 18.1 Å². The Balaban J connectivity index is 1.90. The minimum Gasteiger partial charge on any atom is -0.215 e. The van der Waals surface area contributed by atoms with Crippen LogP contribution in [0.15, 0.2) is 24.3 Å². The van der Waals surface area contributed by atoms with E-state index in [9.17, 15) is 8.42 Å². The summed E-state index contributed by atoms with van der Waals surface area (Å²) < 4.78 is 26.5. The van der Waals surface area contributed by atoms with Crippen molar-refractivity contribution in [3.63, 3.8) is 0 Å². The van der Waals surface area contributed by atoms with Crippen molar-refractivity contribution in [3.8, 4) is 6.07 Å². The van der Waals surface area contributed by atoms with E-state index >= 15 is 0 Å². The first-order valence-corrected chi connectivity index (χ1v) is 8.94. The van der Waals surface area contributed by atoms with Crippen molar-refractivity contribution >= 4 is 21.8 Å². The third-order valence-electron chi connectivity index (χ3n) is 3.06. The zero-order valence-electron chi connectivity index (χ0n) is 10.5. The molecule has 0 aliphatic carbocycles. The van der Waals surface area contributed by atoms with Crippen molar-refractivity contribution in [3.05, 3.63) is 35.4 Å². The van der Waals surface area contributed by atoms with Gasteiger partial charge in [0.1, 0.15) is 0 Å². The van der Waals surface area contributed by atoms with Crippen LogP contribution >= 0.6 is 11.8 Å². The van der Waals surface area contributed by atoms with E-state index in [0.717, 1.165) is 17.9 Å². The van der Waals surface area contributed by atoms with Crippen LogP contribution in [0.3, 0.4) is 0 Å². The smallest absolute Gasteiger partial charge is 0.215 e. The number of sulfonamides is 1. The van der Waals surface area contributed by atoms with Crippen LogP contribution in [0.1, 0.15) is 17.5 Å². The molecule has 1 aromatic carbocycles. The van der Waals surface area contributed by atoms with Crippen LogP contribution in [0.25, 0.3) is 0 Å². The molecule has 1 fully saturated rings. The summed E-state index contributed by atoms with van der Waals surface area (Å²) in [5, 5.41) is 8.68. The van der Waals surface area contributed by atoms with Gasteiger partial charge in [-0.15, -0.1) is 0 Å². The summed E-state index contributed by atoms with van der Waals surface area (Å²) in [6, 6.07) is 8.65. The number of nitrogens with zero attached hydrogens (tertiary/aromatic N) is 1. The zero-order valence-corrected chi connectivity index (χ0v) is 12.1. The highest BCUT2D eigenvalue weighted by Gasteiger charge is 2.18. The molecule has 1 aromatic rings. The molecule has 0 aromatic heterocycles. The van der Waals surface area contributed by atoms with E-state index in [4.69, 9.17) is 5.26 Å². The predicted molar refractivity (Wildman–Crippen MR) is 77.2 cm³/mol. The summed E-state index contributed by atoms with van der Waals surface area (Å²) in [5.74, 6) is 2.60. The molecule has 1 N–H and O–H groups in total. The average molecular weight is 296 g/mol. The van der Waals surface area contributed by atoms with E-state index in [1.54, 1.807) is 24.3 Å². The second kappa shape index (κ2) is 6.42. The number of rotatable bonds is 5. The van der Waals surface area contributed by atoms with Crippen LogP contribution in [-0.4, -0.2) is 26.5 Å². The molecule has 1 heterocycles. The minimum atomic E-state index is -3.28. The number of benzene rings is 1. The molecule has 102 valence electrons. The lowest BCUT2D eigenvalue weighted by Crippen LogP contribution is -2.30. The highest BCUT2D eigenvalue weighted by Crippen LogP contribution is 2.22. The van der Waals surface area contributed by atoms with Crippen LogP contribution in [0, 0.1) is 17.2 Å². The normalized spacial score (nSPS) is 19.2. The monoisotopic (exact) mass is 296 g/mol. The third-order valence-corrected chi connectivity index (χ3v) is 5.61. The van der Waals surface area contributed by atoms with Gasteiger partial charge < -0.3 is 0 Å². The molecule has 1 aliphatic heterocycles. The van der Waals surface area contributed by atoms with Gasteiger partial charge in [0.05, 0.1) is 17.4 Å². The highest BCUT2D eigenvalue weighted by molar-refractivity contribution is 7.99. The summed E-state index contributed by atoms with van der Waals surface area (Å²) in [6.45, 7) is 0.533. The Morgan fingerprint density at radius 1 is 1.37 bits per heavy atom. The Morgan fingerprint density at radius 2 is 2.11 bits per heavy atom. The summed E-state index contributed by atoms with van der Waals surface area (Å²) >= 11 is 1.88. The molecular weight excluding hydrogens is 280 g/mol. The molecule has 19 heavy (non-hydrogen) atoms. The second-order valence-electron chi connectivity index (χ2n) is 4.65. The Bertz CT molecular complexity index is 555. The van der Waals surface area contributed by atoms with Gasteiger partial charge in [-0.1, -0.05) is 12.1 Å². The van der Waals surface area contributed by atoms with Gasteiger partial charge in [-0.25, -0.2) is 13.1 Å². The van der Waals surface area contributed by atoms with Gasteiger partial charge in [-0.3, -0.25) is 0 Å². The minimum absolute atomic E-state index is 0.0292. The number of nitriles is 1. The average Bonchev–Trinajstić information content (AvgIpc) is 2.90. The first-order chi connectivity index (χ1) is 9.09. The SMILES string of the molecule is N#Cc1ccc(CS(=O)(=O)NCC2CCSC2)cc1. The lowest BCUT2D eigenvalue weighted by atomic mass is 10.1. The fourth-order valence-corrected chi connectivity index (χ4v) is 4.44. The number of nitrogens with one attached hydrogen (secondary N) is 1. The van der Waals surface area contributed by atoms with Gasteiger partial charge in [-0.2, -0.15) is 17.0 Å². The van der Waals surface area contributed by atoms with E-state index in [0.29, 0.717) is 23.6 Å². The van der Waals surface area contributed by atoms with Gasteiger partial charge in [0, 0.05) is 6.54 Å². The van der Waals surface area contributed by atoms with E-state index < -0.39 is 10.0 Å². The van der Waals surface area contributed by atoms with E-state index in [1.807, 2.05) is 17.8 Å². The predicted octanol–water partition coefficient (Wildman–Crippen LogP) is 1.73. The molecule has 2 rings (SSSR count). The van der Waals surface area contributed by atoms with Crippen molar-refractivity contribution in [2.24, 2.45) is 5.92 Å². The van der Waals surface area contributed by atoms with Crippen LogP contribution in [-0.2, 0) is 15.8 Å². The second-order valence-corrected chi connectivity index (χ2v) is 7.60. The summed E-state index contributed by atoms with van der Waals surface area (Å²) in [5.41, 5.74) is 1.24. The maximum atomic E-state index is 11.9. The molecule has 1 atom stereocenters. The van der Waals surface area contributed by atoms with Crippen LogP contribution in [0.5, 0.6) is 0 Å². The van der Waals surface area contributed by atoms with Crippen molar-refractivity contribution < 1.29 is 8.42 Å². The molecule has 4 nitrogen and oxygen atoms in total. The maximum absolute atomic E-state index is 11.9. The molecule has 0 spiro atoms. The van der Waals surface area contributed by atoms with Gasteiger partial charge in [0.15, 0.2) is 0 Å². The molecule has 6 heteroatoms. The van der Waals surface area contributed by atoms with E-state index in [1.165, 1.54) is 0 Å². The zero-order chi connectivity index (χ0) is 13.7. The first kappa shape index (κ1) is 14.4. The van der Waals surface area contributed by atoms with Crippen LogP contribution < -0.4 is 4.72 Å². The quantitative estimate of drug-likeness (QED) is 0.898. The molecule has 0 amide bonds. The Hall–Kier alpha value is -1.03.